The van der Waals surface area contributed by atoms with Gasteiger partial charge in [0.25, 0.3) is 0 Å². The molecule has 0 fully saturated rings. The summed E-state index contributed by atoms with van der Waals surface area (Å²) < 4.78 is 25.6. The Morgan fingerprint density at radius 2 is 1.00 bits per heavy atom. The highest BCUT2D eigenvalue weighted by Crippen LogP contribution is 2.00. The molecule has 0 amide bonds. The number of hydrogen-bond acceptors (Lipinski definition) is 0. The molecule has 0 radical (unpaired) electrons. The molecule has 0 N–H and O–H groups in total. The number of rotatable bonds is 0. The Bertz CT molecular complexity index is 232. The molecule has 0 atom stereocenters. The Balaban J connectivity index is 4.27. The van der Waals surface area contributed by atoms with Gasteiger partial charge in [-0.2, -0.15) is 0 Å². The highest BCUT2D eigenvalue weighted by Gasteiger charge is 2.16. The summed E-state index contributed by atoms with van der Waals surface area (Å²) >= 11 is 0. The van der Waals surface area contributed by atoms with Crippen LogP contribution in [0.2, 0.25) is 26.2 Å². The Labute approximate surface area is 74.7 Å². The Morgan fingerprint density at radius 1 is 0.750 bits per heavy atom. The molecular formula is C8H12F2Si2. The lowest BCUT2D eigenvalue weighted by Gasteiger charge is -1.97. The van der Waals surface area contributed by atoms with E-state index < -0.39 is 16.8 Å². The zero-order valence-electron chi connectivity index (χ0n) is 7.76. The van der Waals surface area contributed by atoms with Crippen LogP contribution >= 0.6 is 0 Å². The van der Waals surface area contributed by atoms with Gasteiger partial charge in [-0.25, -0.2) is 0 Å². The van der Waals surface area contributed by atoms with E-state index in [0.717, 1.165) is 0 Å². The summed E-state index contributed by atoms with van der Waals surface area (Å²) in [5.74, 6) is 4.70. The van der Waals surface area contributed by atoms with E-state index in [9.17, 15) is 8.22 Å². The van der Waals surface area contributed by atoms with Crippen molar-refractivity contribution in [1.82, 2.24) is 0 Å². The number of hydrogen-bond donors (Lipinski definition) is 0. The maximum Gasteiger partial charge on any atom is 0.317 e. The molecule has 66 valence electrons. The van der Waals surface area contributed by atoms with Crippen molar-refractivity contribution in [3.63, 3.8) is 0 Å². The van der Waals surface area contributed by atoms with Crippen molar-refractivity contribution < 1.29 is 8.22 Å². The standard InChI is InChI=1S/C8H12F2Si2/c1-11(2,9)7-5-6-8-12(3,4)10/h1-4H3. The van der Waals surface area contributed by atoms with Gasteiger partial charge < -0.3 is 0 Å². The van der Waals surface area contributed by atoms with Gasteiger partial charge in [-0.15, -0.1) is 0 Å². The van der Waals surface area contributed by atoms with E-state index in [1.54, 1.807) is 0 Å². The van der Waals surface area contributed by atoms with Crippen LogP contribution in [0.5, 0.6) is 0 Å². The van der Waals surface area contributed by atoms with Gasteiger partial charge in [0.05, 0.1) is 0 Å². The monoisotopic (exact) mass is 202 g/mol. The van der Waals surface area contributed by atoms with E-state index in [0.29, 0.717) is 0 Å². The topological polar surface area (TPSA) is 0 Å². The third-order valence-corrected chi connectivity index (χ3v) is 2.22. The first-order valence-electron chi connectivity index (χ1n) is 3.63. The van der Waals surface area contributed by atoms with Crippen LogP contribution in [-0.2, 0) is 0 Å². The van der Waals surface area contributed by atoms with Crippen molar-refractivity contribution in [3.8, 4) is 22.9 Å². The molecule has 0 aromatic heterocycles. The fourth-order valence-electron chi connectivity index (χ4n) is 0.360. The summed E-state index contributed by atoms with van der Waals surface area (Å²) in [6, 6.07) is 0. The van der Waals surface area contributed by atoms with Gasteiger partial charge in [-0.3, -0.25) is 8.22 Å². The first-order valence-corrected chi connectivity index (χ1v) is 9.38. The predicted octanol–water partition coefficient (Wildman–Crippen LogP) is 2.42. The Kier molecular flexibility index (Phi) is 3.69. The van der Waals surface area contributed by atoms with Crippen molar-refractivity contribution in [1.29, 1.82) is 0 Å². The molecular weight excluding hydrogens is 190 g/mol. The second-order valence-electron chi connectivity index (χ2n) is 3.44. The minimum atomic E-state index is -2.82. The van der Waals surface area contributed by atoms with Crippen molar-refractivity contribution in [3.05, 3.63) is 0 Å². The van der Waals surface area contributed by atoms with Gasteiger partial charge in [0.1, 0.15) is 0 Å². The molecule has 0 bridgehead atoms. The minimum Gasteiger partial charge on any atom is -0.298 e. The molecule has 0 rings (SSSR count). The molecule has 0 nitrogen and oxygen atoms in total. The molecule has 0 aromatic rings. The highest BCUT2D eigenvalue weighted by molar-refractivity contribution is 6.79. The van der Waals surface area contributed by atoms with Crippen LogP contribution in [0.15, 0.2) is 0 Å². The van der Waals surface area contributed by atoms with Crippen LogP contribution < -0.4 is 0 Å². The Morgan fingerprint density at radius 3 is 1.17 bits per heavy atom. The van der Waals surface area contributed by atoms with E-state index in [2.05, 4.69) is 22.9 Å². The molecule has 0 unspecified atom stereocenters. The molecule has 0 spiro atoms. The van der Waals surface area contributed by atoms with E-state index in [1.807, 2.05) is 0 Å². The normalized spacial score (nSPS) is 10.8. The van der Waals surface area contributed by atoms with Crippen molar-refractivity contribution in [2.75, 3.05) is 0 Å². The molecule has 0 saturated carbocycles. The lowest BCUT2D eigenvalue weighted by atomic mass is 10.7. The third-order valence-electron chi connectivity index (χ3n) is 0.782. The average Bonchev–Trinajstić information content (AvgIpc) is 1.76. The van der Waals surface area contributed by atoms with Gasteiger partial charge in [0, 0.05) is 0 Å². The second kappa shape index (κ2) is 3.88. The maximum absolute atomic E-state index is 12.8. The van der Waals surface area contributed by atoms with Gasteiger partial charge in [-0.05, 0) is 38.0 Å². The zero-order valence-corrected chi connectivity index (χ0v) is 9.76. The first-order chi connectivity index (χ1) is 5.21. The average molecular weight is 202 g/mol. The smallest absolute Gasteiger partial charge is 0.298 e. The summed E-state index contributed by atoms with van der Waals surface area (Å²) in [6.07, 6.45) is 0. The molecule has 0 aliphatic rings. The molecule has 0 heterocycles. The quantitative estimate of drug-likeness (QED) is 0.321. The van der Waals surface area contributed by atoms with Gasteiger partial charge >= 0.3 is 16.8 Å². The summed E-state index contributed by atoms with van der Waals surface area (Å²) in [5, 5.41) is 0. The fraction of sp³-hybridized carbons (Fsp3) is 0.500. The van der Waals surface area contributed by atoms with Crippen LogP contribution in [0.1, 0.15) is 0 Å². The van der Waals surface area contributed by atoms with E-state index in [1.165, 1.54) is 26.2 Å². The van der Waals surface area contributed by atoms with E-state index in [4.69, 9.17) is 0 Å². The van der Waals surface area contributed by atoms with Gasteiger partial charge in [0.2, 0.25) is 0 Å². The van der Waals surface area contributed by atoms with Crippen molar-refractivity contribution >= 4 is 16.8 Å². The minimum absolute atomic E-state index is 1.47. The summed E-state index contributed by atoms with van der Waals surface area (Å²) in [6.45, 7) is 5.89. The van der Waals surface area contributed by atoms with Crippen LogP contribution in [0.3, 0.4) is 0 Å². The largest absolute Gasteiger partial charge is 0.317 e. The molecule has 0 saturated heterocycles. The van der Waals surface area contributed by atoms with Crippen molar-refractivity contribution in [2.45, 2.75) is 26.2 Å². The molecule has 12 heavy (non-hydrogen) atoms. The first kappa shape index (κ1) is 11.4. The SMILES string of the molecule is C[Si](C)(F)C#CC#C[Si](C)(C)F. The second-order valence-corrected chi connectivity index (χ2v) is 9.83. The summed E-state index contributed by atoms with van der Waals surface area (Å²) in [7, 11) is -5.65. The van der Waals surface area contributed by atoms with Gasteiger partial charge in [0.15, 0.2) is 0 Å². The lowest BCUT2D eigenvalue weighted by Crippen LogP contribution is -2.15. The predicted molar refractivity (Wildman–Crippen MR) is 52.7 cm³/mol. The van der Waals surface area contributed by atoms with Crippen molar-refractivity contribution in [2.24, 2.45) is 0 Å². The molecule has 0 aliphatic heterocycles. The van der Waals surface area contributed by atoms with E-state index in [-0.39, 0.29) is 0 Å². The van der Waals surface area contributed by atoms with Crippen LogP contribution in [0.25, 0.3) is 0 Å². The molecule has 0 aromatic carbocycles. The summed E-state index contributed by atoms with van der Waals surface area (Å²) in [5.41, 5.74) is 4.80. The zero-order chi connectivity index (χ0) is 9.83. The van der Waals surface area contributed by atoms with Crippen LogP contribution in [0.4, 0.5) is 8.22 Å². The van der Waals surface area contributed by atoms with Crippen LogP contribution in [0, 0.1) is 22.9 Å². The fourth-order valence-corrected chi connectivity index (χ4v) is 1.08. The van der Waals surface area contributed by atoms with Gasteiger partial charge in [-0.1, -0.05) is 11.1 Å². The number of halogens is 2. The highest BCUT2D eigenvalue weighted by atomic mass is 28.4. The third kappa shape index (κ3) is 9.41. The Hall–Kier alpha value is -0.586. The lowest BCUT2D eigenvalue weighted by molar-refractivity contribution is 0.823. The maximum atomic E-state index is 12.8. The molecule has 4 heteroatoms. The summed E-state index contributed by atoms with van der Waals surface area (Å²) in [4.78, 5) is 0. The van der Waals surface area contributed by atoms with Crippen LogP contribution in [-0.4, -0.2) is 16.8 Å². The molecule has 0 aliphatic carbocycles. The van der Waals surface area contributed by atoms with E-state index >= 15 is 0 Å².